The Morgan fingerprint density at radius 1 is 1.21 bits per heavy atom. The quantitative estimate of drug-likeness (QED) is 0.709. The van der Waals surface area contributed by atoms with Gasteiger partial charge in [-0.05, 0) is 44.0 Å². The number of rotatable bonds is 7. The Balaban J connectivity index is 1.73. The summed E-state index contributed by atoms with van der Waals surface area (Å²) < 4.78 is 38.1. The first-order valence-corrected chi connectivity index (χ1v) is 11.7. The van der Waals surface area contributed by atoms with Crippen LogP contribution in [0.25, 0.3) is 0 Å². The number of methoxy groups -OCH3 is 1. The molecule has 2 saturated heterocycles. The van der Waals surface area contributed by atoms with Gasteiger partial charge in [-0.2, -0.15) is 4.31 Å². The third-order valence-electron chi connectivity index (χ3n) is 5.48. The molecule has 2 fully saturated rings. The van der Waals surface area contributed by atoms with E-state index in [0.29, 0.717) is 18.8 Å². The number of morpholine rings is 1. The second kappa shape index (κ2) is 9.88. The lowest BCUT2D eigenvalue weighted by Gasteiger charge is -2.32. The minimum atomic E-state index is -3.77. The molecule has 0 radical (unpaired) electrons. The standard InChI is InChI=1S/C20H31N3O5S/c1-3-8-22-9-6-17(7-10-22)21-20(24)16-4-5-18(27-2)19(15-16)29(25,26)23-11-13-28-14-12-23/h4-5,15,17H,3,6-14H2,1-2H3,(H,21,24). The molecule has 0 spiro atoms. The Morgan fingerprint density at radius 2 is 1.90 bits per heavy atom. The zero-order valence-corrected chi connectivity index (χ0v) is 18.0. The predicted octanol–water partition coefficient (Wildman–Crippen LogP) is 1.32. The summed E-state index contributed by atoms with van der Waals surface area (Å²) in [5.74, 6) is -0.0130. The number of likely N-dealkylation sites (tertiary alicyclic amines) is 1. The summed E-state index contributed by atoms with van der Waals surface area (Å²) in [5, 5.41) is 3.06. The van der Waals surface area contributed by atoms with Crippen molar-refractivity contribution in [2.75, 3.05) is 53.0 Å². The number of hydrogen-bond acceptors (Lipinski definition) is 6. The molecule has 29 heavy (non-hydrogen) atoms. The van der Waals surface area contributed by atoms with Crippen LogP contribution in [0.15, 0.2) is 23.1 Å². The molecule has 2 aliphatic rings. The third kappa shape index (κ3) is 5.28. The van der Waals surface area contributed by atoms with Crippen LogP contribution in [0.4, 0.5) is 0 Å². The Kier molecular flexibility index (Phi) is 7.50. The maximum Gasteiger partial charge on any atom is 0.251 e. The van der Waals surface area contributed by atoms with Crippen molar-refractivity contribution in [2.45, 2.75) is 37.1 Å². The molecule has 3 rings (SSSR count). The second-order valence-corrected chi connectivity index (χ2v) is 9.38. The Morgan fingerprint density at radius 3 is 2.52 bits per heavy atom. The van der Waals surface area contributed by atoms with E-state index in [-0.39, 0.29) is 35.7 Å². The average Bonchev–Trinajstić information content (AvgIpc) is 2.75. The molecular weight excluding hydrogens is 394 g/mol. The normalized spacial score (nSPS) is 19.8. The molecule has 0 bridgehead atoms. The molecule has 0 unspecified atom stereocenters. The molecule has 0 atom stereocenters. The number of benzene rings is 1. The van der Waals surface area contributed by atoms with Crippen molar-refractivity contribution in [1.82, 2.24) is 14.5 Å². The van der Waals surface area contributed by atoms with E-state index in [0.717, 1.165) is 38.9 Å². The van der Waals surface area contributed by atoms with Gasteiger partial charge in [0.1, 0.15) is 10.6 Å². The molecule has 2 heterocycles. The monoisotopic (exact) mass is 425 g/mol. The number of nitrogens with zero attached hydrogens (tertiary/aromatic N) is 2. The summed E-state index contributed by atoms with van der Waals surface area (Å²) in [6.45, 7) is 6.49. The average molecular weight is 426 g/mol. The summed E-state index contributed by atoms with van der Waals surface area (Å²) in [5.41, 5.74) is 0.327. The summed E-state index contributed by atoms with van der Waals surface area (Å²) >= 11 is 0. The van der Waals surface area contributed by atoms with Gasteiger partial charge < -0.3 is 19.7 Å². The molecule has 0 aliphatic carbocycles. The maximum atomic E-state index is 13.1. The van der Waals surface area contributed by atoms with E-state index in [1.807, 2.05) is 0 Å². The van der Waals surface area contributed by atoms with Crippen LogP contribution >= 0.6 is 0 Å². The molecule has 1 aromatic rings. The lowest BCUT2D eigenvalue weighted by atomic mass is 10.0. The van der Waals surface area contributed by atoms with Gasteiger partial charge in [0, 0.05) is 37.8 Å². The van der Waals surface area contributed by atoms with Crippen LogP contribution in [-0.2, 0) is 14.8 Å². The summed E-state index contributed by atoms with van der Waals surface area (Å²) in [6, 6.07) is 4.69. The Hall–Kier alpha value is -1.68. The number of carbonyl (C=O) groups excluding carboxylic acids is 1. The highest BCUT2D eigenvalue weighted by molar-refractivity contribution is 7.89. The van der Waals surface area contributed by atoms with Gasteiger partial charge in [0.2, 0.25) is 10.0 Å². The van der Waals surface area contributed by atoms with Gasteiger partial charge in [-0.15, -0.1) is 0 Å². The SMILES string of the molecule is CCCN1CCC(NC(=O)c2ccc(OC)c(S(=O)(=O)N3CCOCC3)c2)CC1. The number of piperidine rings is 1. The van der Waals surface area contributed by atoms with Crippen molar-refractivity contribution >= 4 is 15.9 Å². The van der Waals surface area contributed by atoms with E-state index in [9.17, 15) is 13.2 Å². The molecule has 0 saturated carbocycles. The van der Waals surface area contributed by atoms with E-state index in [1.54, 1.807) is 12.1 Å². The van der Waals surface area contributed by atoms with Crippen LogP contribution in [0.5, 0.6) is 5.75 Å². The molecule has 1 amide bonds. The van der Waals surface area contributed by atoms with Crippen LogP contribution < -0.4 is 10.1 Å². The van der Waals surface area contributed by atoms with Crippen LogP contribution in [-0.4, -0.2) is 82.6 Å². The first-order chi connectivity index (χ1) is 14.0. The highest BCUT2D eigenvalue weighted by Crippen LogP contribution is 2.28. The number of sulfonamides is 1. The predicted molar refractivity (Wildman–Crippen MR) is 110 cm³/mol. The first-order valence-electron chi connectivity index (χ1n) is 10.2. The molecule has 2 aliphatic heterocycles. The number of nitrogens with one attached hydrogen (secondary N) is 1. The highest BCUT2D eigenvalue weighted by atomic mass is 32.2. The summed E-state index contributed by atoms with van der Waals surface area (Å²) in [7, 11) is -2.34. The van der Waals surface area contributed by atoms with Crippen molar-refractivity contribution < 1.29 is 22.7 Å². The van der Waals surface area contributed by atoms with E-state index < -0.39 is 10.0 Å². The summed E-state index contributed by atoms with van der Waals surface area (Å²) in [4.78, 5) is 15.2. The van der Waals surface area contributed by atoms with Crippen molar-refractivity contribution in [1.29, 1.82) is 0 Å². The number of ether oxygens (including phenoxy) is 2. The molecule has 0 aromatic heterocycles. The van der Waals surface area contributed by atoms with E-state index in [2.05, 4.69) is 17.1 Å². The molecule has 1 N–H and O–H groups in total. The first kappa shape index (κ1) is 22.0. The van der Waals surface area contributed by atoms with Crippen LogP contribution in [0.2, 0.25) is 0 Å². The van der Waals surface area contributed by atoms with Crippen molar-refractivity contribution in [2.24, 2.45) is 0 Å². The van der Waals surface area contributed by atoms with Gasteiger partial charge in [0.15, 0.2) is 0 Å². The topological polar surface area (TPSA) is 88.2 Å². The smallest absolute Gasteiger partial charge is 0.251 e. The number of amides is 1. The minimum Gasteiger partial charge on any atom is -0.495 e. The lowest BCUT2D eigenvalue weighted by molar-refractivity contribution is 0.0729. The maximum absolute atomic E-state index is 13.1. The molecule has 1 aromatic carbocycles. The Bertz CT molecular complexity index is 800. The van der Waals surface area contributed by atoms with Gasteiger partial charge in [-0.3, -0.25) is 4.79 Å². The molecule has 162 valence electrons. The number of carbonyl (C=O) groups is 1. The van der Waals surface area contributed by atoms with Crippen molar-refractivity contribution in [3.8, 4) is 5.75 Å². The molecule has 8 nitrogen and oxygen atoms in total. The second-order valence-electron chi connectivity index (χ2n) is 7.47. The zero-order valence-electron chi connectivity index (χ0n) is 17.2. The highest BCUT2D eigenvalue weighted by Gasteiger charge is 2.30. The van der Waals surface area contributed by atoms with E-state index in [1.165, 1.54) is 17.5 Å². The fraction of sp³-hybridized carbons (Fsp3) is 0.650. The van der Waals surface area contributed by atoms with E-state index in [4.69, 9.17) is 9.47 Å². The minimum absolute atomic E-state index is 0.0207. The summed E-state index contributed by atoms with van der Waals surface area (Å²) in [6.07, 6.45) is 2.94. The van der Waals surface area contributed by atoms with E-state index >= 15 is 0 Å². The molecule has 9 heteroatoms. The van der Waals surface area contributed by atoms with Crippen LogP contribution in [0.1, 0.15) is 36.5 Å². The van der Waals surface area contributed by atoms with Crippen LogP contribution in [0, 0.1) is 0 Å². The van der Waals surface area contributed by atoms with Gasteiger partial charge in [0.25, 0.3) is 5.91 Å². The van der Waals surface area contributed by atoms with Gasteiger partial charge >= 0.3 is 0 Å². The number of hydrogen-bond donors (Lipinski definition) is 1. The largest absolute Gasteiger partial charge is 0.495 e. The lowest BCUT2D eigenvalue weighted by Crippen LogP contribution is -2.44. The van der Waals surface area contributed by atoms with Gasteiger partial charge in [0.05, 0.1) is 20.3 Å². The molecular formula is C20H31N3O5S. The fourth-order valence-corrected chi connectivity index (χ4v) is 5.42. The van der Waals surface area contributed by atoms with Crippen LogP contribution in [0.3, 0.4) is 0 Å². The Labute approximate surface area is 173 Å². The van der Waals surface area contributed by atoms with Crippen molar-refractivity contribution in [3.63, 3.8) is 0 Å². The van der Waals surface area contributed by atoms with Crippen molar-refractivity contribution in [3.05, 3.63) is 23.8 Å². The third-order valence-corrected chi connectivity index (χ3v) is 7.40. The van der Waals surface area contributed by atoms with Gasteiger partial charge in [-0.1, -0.05) is 6.92 Å². The zero-order chi connectivity index (χ0) is 20.9. The fourth-order valence-electron chi connectivity index (χ4n) is 3.83. The van der Waals surface area contributed by atoms with Gasteiger partial charge in [-0.25, -0.2) is 8.42 Å².